The summed E-state index contributed by atoms with van der Waals surface area (Å²) in [5.74, 6) is 0.134. The summed E-state index contributed by atoms with van der Waals surface area (Å²) in [6.45, 7) is 6.61. The summed E-state index contributed by atoms with van der Waals surface area (Å²) >= 11 is 0. The number of aromatic nitrogens is 2. The highest BCUT2D eigenvalue weighted by molar-refractivity contribution is 5.81. The Morgan fingerprint density at radius 1 is 1.24 bits per heavy atom. The first-order valence-corrected chi connectivity index (χ1v) is 9.23. The van der Waals surface area contributed by atoms with Crippen molar-refractivity contribution in [3.05, 3.63) is 41.6 Å². The molecule has 1 aliphatic heterocycles. The zero-order valence-corrected chi connectivity index (χ0v) is 15.5. The second-order valence-corrected chi connectivity index (χ2v) is 6.77. The molecule has 134 valence electrons. The second kappa shape index (κ2) is 7.83. The molecular weight excluding hydrogens is 312 g/mol. The quantitative estimate of drug-likeness (QED) is 0.909. The van der Waals surface area contributed by atoms with Crippen LogP contribution < -0.4 is 5.32 Å². The minimum Gasteiger partial charge on any atom is -0.355 e. The third kappa shape index (κ3) is 3.76. The van der Waals surface area contributed by atoms with Gasteiger partial charge in [-0.1, -0.05) is 37.3 Å². The fourth-order valence-electron chi connectivity index (χ4n) is 3.57. The SMILES string of the molecule is CCCNC(=O)C(C)N1CCc2c(-c3ccccc3)nn(C)c2CC1. The van der Waals surface area contributed by atoms with E-state index < -0.39 is 0 Å². The second-order valence-electron chi connectivity index (χ2n) is 6.77. The molecule has 5 nitrogen and oxygen atoms in total. The van der Waals surface area contributed by atoms with E-state index in [9.17, 15) is 4.79 Å². The summed E-state index contributed by atoms with van der Waals surface area (Å²) in [5, 5.41) is 7.78. The number of hydrogen-bond donors (Lipinski definition) is 1. The van der Waals surface area contributed by atoms with Gasteiger partial charge in [0.05, 0.1) is 11.7 Å². The molecule has 0 radical (unpaired) electrons. The molecule has 2 aromatic rings. The van der Waals surface area contributed by atoms with Crippen LogP contribution in [0.4, 0.5) is 0 Å². The molecule has 0 spiro atoms. The topological polar surface area (TPSA) is 50.2 Å². The van der Waals surface area contributed by atoms with Crippen LogP contribution in [0.5, 0.6) is 0 Å². The van der Waals surface area contributed by atoms with Gasteiger partial charge in [-0.15, -0.1) is 0 Å². The van der Waals surface area contributed by atoms with Crippen LogP contribution in [-0.4, -0.2) is 46.3 Å². The Morgan fingerprint density at radius 3 is 2.68 bits per heavy atom. The maximum atomic E-state index is 12.3. The summed E-state index contributed by atoms with van der Waals surface area (Å²) in [4.78, 5) is 14.6. The highest BCUT2D eigenvalue weighted by atomic mass is 16.2. The molecule has 0 aliphatic carbocycles. The molecule has 1 atom stereocenters. The predicted molar refractivity (Wildman–Crippen MR) is 100 cm³/mol. The molecule has 1 unspecified atom stereocenters. The van der Waals surface area contributed by atoms with Gasteiger partial charge in [0.1, 0.15) is 0 Å². The normalized spacial score (nSPS) is 16.1. The van der Waals surface area contributed by atoms with Gasteiger partial charge in [-0.3, -0.25) is 14.4 Å². The lowest BCUT2D eigenvalue weighted by atomic mass is 10.0. The zero-order chi connectivity index (χ0) is 17.8. The van der Waals surface area contributed by atoms with Gasteiger partial charge in [0.15, 0.2) is 0 Å². The molecule has 3 rings (SSSR count). The number of nitrogens with one attached hydrogen (secondary N) is 1. The van der Waals surface area contributed by atoms with Gasteiger partial charge in [-0.2, -0.15) is 5.10 Å². The molecule has 5 heteroatoms. The molecule has 1 N–H and O–H groups in total. The Labute approximate surface area is 150 Å². The standard InChI is InChI=1S/C20H28N4O/c1-4-12-21-20(25)15(2)24-13-10-17-18(11-14-24)23(3)22-19(17)16-8-6-5-7-9-16/h5-9,15H,4,10-14H2,1-3H3,(H,21,25). The molecular formula is C20H28N4O. The lowest BCUT2D eigenvalue weighted by molar-refractivity contribution is -0.125. The first-order chi connectivity index (χ1) is 12.1. The highest BCUT2D eigenvalue weighted by Crippen LogP contribution is 2.28. The maximum Gasteiger partial charge on any atom is 0.237 e. The van der Waals surface area contributed by atoms with E-state index in [0.29, 0.717) is 0 Å². The molecule has 1 aliphatic rings. The maximum absolute atomic E-state index is 12.3. The van der Waals surface area contributed by atoms with E-state index in [0.717, 1.165) is 44.6 Å². The number of fused-ring (bicyclic) bond motifs is 1. The van der Waals surface area contributed by atoms with Gasteiger partial charge in [0.25, 0.3) is 0 Å². The van der Waals surface area contributed by atoms with Crippen LogP contribution in [0.1, 0.15) is 31.5 Å². The third-order valence-corrected chi connectivity index (χ3v) is 5.08. The van der Waals surface area contributed by atoms with Gasteiger partial charge >= 0.3 is 0 Å². The van der Waals surface area contributed by atoms with Gasteiger partial charge in [-0.05, 0) is 19.8 Å². The van der Waals surface area contributed by atoms with E-state index in [2.05, 4.69) is 41.4 Å². The van der Waals surface area contributed by atoms with Crippen molar-refractivity contribution in [2.75, 3.05) is 19.6 Å². The van der Waals surface area contributed by atoms with E-state index in [1.54, 1.807) is 0 Å². The average molecular weight is 340 g/mol. The Hall–Kier alpha value is -2.14. The third-order valence-electron chi connectivity index (χ3n) is 5.08. The number of amides is 1. The van der Waals surface area contributed by atoms with Crippen molar-refractivity contribution in [1.82, 2.24) is 20.0 Å². The Kier molecular flexibility index (Phi) is 5.53. The fourth-order valence-corrected chi connectivity index (χ4v) is 3.57. The number of hydrogen-bond acceptors (Lipinski definition) is 3. The van der Waals surface area contributed by atoms with Crippen LogP contribution in [0, 0.1) is 0 Å². The van der Waals surface area contributed by atoms with Crippen LogP contribution >= 0.6 is 0 Å². The highest BCUT2D eigenvalue weighted by Gasteiger charge is 2.26. The van der Waals surface area contributed by atoms with Crippen molar-refractivity contribution >= 4 is 5.91 Å². The molecule has 0 bridgehead atoms. The largest absolute Gasteiger partial charge is 0.355 e. The van der Waals surface area contributed by atoms with Gasteiger partial charge < -0.3 is 5.32 Å². The first kappa shape index (κ1) is 17.7. The van der Waals surface area contributed by atoms with E-state index in [-0.39, 0.29) is 11.9 Å². The number of benzene rings is 1. The number of carbonyl (C=O) groups excluding carboxylic acids is 1. The van der Waals surface area contributed by atoms with Gasteiger partial charge in [-0.25, -0.2) is 0 Å². The molecule has 1 aromatic heterocycles. The van der Waals surface area contributed by atoms with Crippen LogP contribution in [0.25, 0.3) is 11.3 Å². The average Bonchev–Trinajstić information content (AvgIpc) is 2.82. The van der Waals surface area contributed by atoms with Crippen molar-refractivity contribution in [2.24, 2.45) is 7.05 Å². The predicted octanol–water partition coefficient (Wildman–Crippen LogP) is 2.40. The molecule has 0 fully saturated rings. The Morgan fingerprint density at radius 2 is 1.96 bits per heavy atom. The molecule has 25 heavy (non-hydrogen) atoms. The smallest absolute Gasteiger partial charge is 0.237 e. The molecule has 2 heterocycles. The van der Waals surface area contributed by atoms with Crippen molar-refractivity contribution in [3.63, 3.8) is 0 Å². The van der Waals surface area contributed by atoms with Crippen molar-refractivity contribution in [3.8, 4) is 11.3 Å². The van der Waals surface area contributed by atoms with Crippen molar-refractivity contribution in [1.29, 1.82) is 0 Å². The Bertz CT molecular complexity index is 723. The fraction of sp³-hybridized carbons (Fsp3) is 0.500. The summed E-state index contributed by atoms with van der Waals surface area (Å²) < 4.78 is 2.02. The lowest BCUT2D eigenvalue weighted by Crippen LogP contribution is -2.46. The minimum absolute atomic E-state index is 0.0889. The molecule has 1 aromatic carbocycles. The number of rotatable bonds is 5. The van der Waals surface area contributed by atoms with E-state index in [1.165, 1.54) is 16.8 Å². The van der Waals surface area contributed by atoms with E-state index in [1.807, 2.05) is 24.7 Å². The monoisotopic (exact) mass is 340 g/mol. The lowest BCUT2D eigenvalue weighted by Gasteiger charge is -2.26. The summed E-state index contributed by atoms with van der Waals surface area (Å²) in [6, 6.07) is 10.3. The Balaban J connectivity index is 1.78. The van der Waals surface area contributed by atoms with Gasteiger partial charge in [0.2, 0.25) is 5.91 Å². The summed E-state index contributed by atoms with van der Waals surface area (Å²) in [6.07, 6.45) is 2.83. The zero-order valence-electron chi connectivity index (χ0n) is 15.5. The molecule has 0 saturated heterocycles. The number of nitrogens with zero attached hydrogens (tertiary/aromatic N) is 3. The van der Waals surface area contributed by atoms with Crippen LogP contribution in [0.3, 0.4) is 0 Å². The van der Waals surface area contributed by atoms with Crippen molar-refractivity contribution in [2.45, 2.75) is 39.2 Å². The number of aryl methyl sites for hydroxylation is 1. The molecule has 1 amide bonds. The van der Waals surface area contributed by atoms with Gasteiger partial charge in [0, 0.05) is 49.9 Å². The van der Waals surface area contributed by atoms with E-state index in [4.69, 9.17) is 5.10 Å². The van der Waals surface area contributed by atoms with E-state index >= 15 is 0 Å². The minimum atomic E-state index is -0.0889. The number of carbonyl (C=O) groups is 1. The van der Waals surface area contributed by atoms with Crippen LogP contribution in [0.2, 0.25) is 0 Å². The molecule has 0 saturated carbocycles. The van der Waals surface area contributed by atoms with Crippen LogP contribution in [0.15, 0.2) is 30.3 Å². The van der Waals surface area contributed by atoms with Crippen LogP contribution in [-0.2, 0) is 24.7 Å². The first-order valence-electron chi connectivity index (χ1n) is 9.23. The summed E-state index contributed by atoms with van der Waals surface area (Å²) in [7, 11) is 2.03. The summed E-state index contributed by atoms with van der Waals surface area (Å²) in [5.41, 5.74) is 4.88. The van der Waals surface area contributed by atoms with Crippen molar-refractivity contribution < 1.29 is 4.79 Å².